The van der Waals surface area contributed by atoms with E-state index in [4.69, 9.17) is 5.11 Å². The summed E-state index contributed by atoms with van der Waals surface area (Å²) in [5.74, 6) is -0.795. The van der Waals surface area contributed by atoms with Gasteiger partial charge in [0.2, 0.25) is 5.91 Å². The molecule has 5 heteroatoms. The fourth-order valence-electron chi connectivity index (χ4n) is 5.11. The van der Waals surface area contributed by atoms with Crippen LogP contribution in [-0.2, 0) is 17.6 Å². The van der Waals surface area contributed by atoms with Crippen LogP contribution in [-0.4, -0.2) is 45.7 Å². The Balaban J connectivity index is 1.34. The van der Waals surface area contributed by atoms with E-state index in [-0.39, 0.29) is 22.9 Å². The van der Waals surface area contributed by atoms with Crippen LogP contribution >= 0.6 is 0 Å². The van der Waals surface area contributed by atoms with Gasteiger partial charge in [-0.25, -0.2) is 4.79 Å². The van der Waals surface area contributed by atoms with Gasteiger partial charge in [-0.3, -0.25) is 4.79 Å². The number of benzene rings is 2. The zero-order chi connectivity index (χ0) is 23.3. The maximum Gasteiger partial charge on any atom is 0.335 e. The molecule has 1 saturated heterocycles. The number of carbonyl (C=O) groups is 2. The number of aromatic carboxylic acids is 1. The molecule has 1 heterocycles. The molecule has 1 saturated carbocycles. The molecule has 0 unspecified atom stereocenters. The minimum Gasteiger partial charge on any atom is -0.478 e. The van der Waals surface area contributed by atoms with Gasteiger partial charge < -0.3 is 15.1 Å². The number of aliphatic hydroxyl groups excluding tert-OH is 1. The van der Waals surface area contributed by atoms with E-state index in [9.17, 15) is 14.7 Å². The molecule has 5 nitrogen and oxygen atoms in total. The van der Waals surface area contributed by atoms with E-state index in [1.807, 2.05) is 35.3 Å². The number of carbonyl (C=O) groups excluding carboxylic acids is 1. The second-order valence-electron chi connectivity index (χ2n) is 9.48. The summed E-state index contributed by atoms with van der Waals surface area (Å²) in [5, 5.41) is 20.1. The number of nitrogens with zero attached hydrogens (tertiary/aromatic N) is 1. The molecule has 2 fully saturated rings. The molecule has 1 aliphatic carbocycles. The first kappa shape index (κ1) is 23.2. The Bertz CT molecular complexity index is 979. The van der Waals surface area contributed by atoms with Crippen molar-refractivity contribution in [3.63, 3.8) is 0 Å². The number of hydrogen-bond donors (Lipinski definition) is 2. The fourth-order valence-corrected chi connectivity index (χ4v) is 5.11. The number of aliphatic hydroxyl groups is 1. The van der Waals surface area contributed by atoms with Gasteiger partial charge in [-0.15, -0.1) is 0 Å². The third kappa shape index (κ3) is 5.53. The first-order valence-electron chi connectivity index (χ1n) is 12.0. The van der Waals surface area contributed by atoms with E-state index in [1.165, 1.54) is 5.56 Å². The van der Waals surface area contributed by atoms with E-state index in [0.29, 0.717) is 19.4 Å². The van der Waals surface area contributed by atoms with Crippen LogP contribution in [0.4, 0.5) is 0 Å². The molecule has 2 aromatic rings. The van der Waals surface area contributed by atoms with Gasteiger partial charge in [0.25, 0.3) is 0 Å². The summed E-state index contributed by atoms with van der Waals surface area (Å²) in [7, 11) is 0. The first-order valence-corrected chi connectivity index (χ1v) is 12.0. The van der Waals surface area contributed by atoms with Gasteiger partial charge in [-0.2, -0.15) is 0 Å². The predicted octanol–water partition coefficient (Wildman–Crippen LogP) is 4.64. The molecule has 2 N–H and O–H groups in total. The maximum atomic E-state index is 12.5. The molecule has 0 bridgehead atoms. The van der Waals surface area contributed by atoms with Crippen molar-refractivity contribution in [1.29, 1.82) is 0 Å². The number of rotatable bonds is 10. The standard InChI is InChI=1S/C28H33NO4/c30-25(28(17-4-18-28)19-15-21-5-2-1-3-6-21)13-11-24-12-14-26(31)29(24)20-16-22-7-9-23(10-8-22)27(32)33/h1-3,5-11,13,24-25,30H,4,12,14-20H2,(H,32,33)/t24-,25-/m0/s1. The highest BCUT2D eigenvalue weighted by Gasteiger charge is 2.42. The van der Waals surface area contributed by atoms with Crippen LogP contribution in [0.25, 0.3) is 0 Å². The molecule has 0 radical (unpaired) electrons. The summed E-state index contributed by atoms with van der Waals surface area (Å²) in [5.41, 5.74) is 2.54. The zero-order valence-electron chi connectivity index (χ0n) is 19.0. The summed E-state index contributed by atoms with van der Waals surface area (Å²) in [6, 6.07) is 17.3. The molecule has 1 amide bonds. The van der Waals surface area contributed by atoms with Crippen LogP contribution in [0.5, 0.6) is 0 Å². The van der Waals surface area contributed by atoms with E-state index in [2.05, 4.69) is 24.3 Å². The van der Waals surface area contributed by atoms with Crippen molar-refractivity contribution in [3.05, 3.63) is 83.4 Å². The van der Waals surface area contributed by atoms with Crippen LogP contribution in [0.1, 0.15) is 60.0 Å². The zero-order valence-corrected chi connectivity index (χ0v) is 19.0. The Morgan fingerprint density at radius 1 is 1.06 bits per heavy atom. The highest BCUT2D eigenvalue weighted by Crippen LogP contribution is 2.48. The molecule has 4 rings (SSSR count). The molecular weight excluding hydrogens is 414 g/mol. The fraction of sp³-hybridized carbons (Fsp3) is 0.429. The normalized spacial score (nSPS) is 20.7. The minimum absolute atomic E-state index is 0.0108. The number of amides is 1. The van der Waals surface area contributed by atoms with Crippen molar-refractivity contribution in [2.45, 2.75) is 63.5 Å². The molecule has 174 valence electrons. The summed E-state index contributed by atoms with van der Waals surface area (Å²) >= 11 is 0. The van der Waals surface area contributed by atoms with Crippen molar-refractivity contribution in [3.8, 4) is 0 Å². The highest BCUT2D eigenvalue weighted by atomic mass is 16.4. The Hall–Kier alpha value is -2.92. The second kappa shape index (κ2) is 10.3. The van der Waals surface area contributed by atoms with Gasteiger partial charge in [0.05, 0.1) is 17.7 Å². The summed E-state index contributed by atoms with van der Waals surface area (Å²) < 4.78 is 0. The van der Waals surface area contributed by atoms with Crippen LogP contribution in [0.2, 0.25) is 0 Å². The van der Waals surface area contributed by atoms with Crippen molar-refractivity contribution in [1.82, 2.24) is 4.90 Å². The average Bonchev–Trinajstić information content (AvgIpc) is 3.15. The van der Waals surface area contributed by atoms with E-state index < -0.39 is 12.1 Å². The van der Waals surface area contributed by atoms with E-state index in [0.717, 1.165) is 44.1 Å². The lowest BCUT2D eigenvalue weighted by Gasteiger charge is -2.45. The van der Waals surface area contributed by atoms with E-state index >= 15 is 0 Å². The lowest BCUT2D eigenvalue weighted by atomic mass is 9.62. The van der Waals surface area contributed by atoms with Gasteiger partial charge in [-0.05, 0) is 61.8 Å². The SMILES string of the molecule is O=C(O)c1ccc(CCN2C(=O)CC[C@@H]2C=C[C@H](O)C2(CCc3ccccc3)CCC2)cc1. The smallest absolute Gasteiger partial charge is 0.335 e. The molecule has 1 aliphatic heterocycles. The van der Waals surface area contributed by atoms with Crippen molar-refractivity contribution >= 4 is 11.9 Å². The Morgan fingerprint density at radius 3 is 2.39 bits per heavy atom. The van der Waals surface area contributed by atoms with Crippen LogP contribution in [0, 0.1) is 5.41 Å². The second-order valence-corrected chi connectivity index (χ2v) is 9.48. The largest absolute Gasteiger partial charge is 0.478 e. The number of hydrogen-bond acceptors (Lipinski definition) is 3. The molecule has 0 aromatic heterocycles. The summed E-state index contributed by atoms with van der Waals surface area (Å²) in [6.45, 7) is 0.593. The molecular formula is C28H33NO4. The molecule has 2 aromatic carbocycles. The van der Waals surface area contributed by atoms with Crippen LogP contribution < -0.4 is 0 Å². The van der Waals surface area contributed by atoms with Crippen LogP contribution in [0.15, 0.2) is 66.7 Å². The van der Waals surface area contributed by atoms with Crippen LogP contribution in [0.3, 0.4) is 0 Å². The molecule has 33 heavy (non-hydrogen) atoms. The molecule has 2 atom stereocenters. The minimum atomic E-state index is -0.937. The van der Waals surface area contributed by atoms with Gasteiger partial charge >= 0.3 is 5.97 Å². The van der Waals surface area contributed by atoms with E-state index in [1.54, 1.807) is 12.1 Å². The Kier molecular flexibility index (Phi) is 7.29. The molecule has 0 spiro atoms. The van der Waals surface area contributed by atoms with Gasteiger partial charge in [0.1, 0.15) is 0 Å². The van der Waals surface area contributed by atoms with Crippen molar-refractivity contribution < 1.29 is 19.8 Å². The van der Waals surface area contributed by atoms with Gasteiger partial charge in [-0.1, -0.05) is 61.0 Å². The lowest BCUT2D eigenvalue weighted by Crippen LogP contribution is -2.41. The monoisotopic (exact) mass is 447 g/mol. The molecule has 2 aliphatic rings. The Labute approximate surface area is 195 Å². The lowest BCUT2D eigenvalue weighted by molar-refractivity contribution is -0.128. The number of aryl methyl sites for hydroxylation is 1. The topological polar surface area (TPSA) is 77.8 Å². The van der Waals surface area contributed by atoms with Gasteiger partial charge in [0, 0.05) is 18.4 Å². The maximum absolute atomic E-state index is 12.5. The summed E-state index contributed by atoms with van der Waals surface area (Å²) in [6.07, 6.45) is 10.7. The summed E-state index contributed by atoms with van der Waals surface area (Å²) in [4.78, 5) is 25.4. The van der Waals surface area contributed by atoms with Gasteiger partial charge in [0.15, 0.2) is 0 Å². The third-order valence-corrected chi connectivity index (χ3v) is 7.46. The average molecular weight is 448 g/mol. The number of carboxylic acids is 1. The number of carboxylic acid groups (broad SMARTS) is 1. The third-order valence-electron chi connectivity index (χ3n) is 7.46. The van der Waals surface area contributed by atoms with Crippen molar-refractivity contribution in [2.24, 2.45) is 5.41 Å². The quantitative estimate of drug-likeness (QED) is 0.520. The Morgan fingerprint density at radius 2 is 1.76 bits per heavy atom. The van der Waals surface area contributed by atoms with Crippen molar-refractivity contribution in [2.75, 3.05) is 6.54 Å². The highest BCUT2D eigenvalue weighted by molar-refractivity contribution is 5.87. The predicted molar refractivity (Wildman–Crippen MR) is 128 cm³/mol. The first-order chi connectivity index (χ1) is 16.0. The number of likely N-dealkylation sites (tertiary alicyclic amines) is 1.